The fourth-order valence-corrected chi connectivity index (χ4v) is 1.89. The van der Waals surface area contributed by atoms with Crippen molar-refractivity contribution in [1.82, 2.24) is 19.3 Å². The van der Waals surface area contributed by atoms with Crippen molar-refractivity contribution >= 4 is 11.6 Å². The molecule has 20 heavy (non-hydrogen) atoms. The van der Waals surface area contributed by atoms with E-state index >= 15 is 0 Å². The number of hydrogen-bond donors (Lipinski definition) is 1. The van der Waals surface area contributed by atoms with E-state index in [1.165, 1.54) is 0 Å². The van der Waals surface area contributed by atoms with Gasteiger partial charge < -0.3 is 9.88 Å². The van der Waals surface area contributed by atoms with Crippen LogP contribution < -0.4 is 5.32 Å². The highest BCUT2D eigenvalue weighted by molar-refractivity contribution is 6.02. The Labute approximate surface area is 115 Å². The smallest absolute Gasteiger partial charge is 0.276 e. The van der Waals surface area contributed by atoms with Gasteiger partial charge in [0.1, 0.15) is 5.82 Å². The number of nitrogens with one attached hydrogen (secondary N) is 1. The Kier molecular flexibility index (Phi) is 3.04. The standard InChI is InChI=1S/C14H13N5O/c1-18-8-3-5-13(18)19-9-6-12(17-19)14(20)16-11-4-2-7-15-10-11/h2-10H,1H3,(H,16,20). The van der Waals surface area contributed by atoms with Gasteiger partial charge in [0.2, 0.25) is 0 Å². The molecule has 3 heterocycles. The average Bonchev–Trinajstić information content (AvgIpc) is 3.08. The summed E-state index contributed by atoms with van der Waals surface area (Å²) < 4.78 is 3.59. The third kappa shape index (κ3) is 2.31. The first-order valence-electron chi connectivity index (χ1n) is 6.13. The lowest BCUT2D eigenvalue weighted by molar-refractivity contribution is 0.102. The first kappa shape index (κ1) is 12.2. The van der Waals surface area contributed by atoms with E-state index in [2.05, 4.69) is 15.4 Å². The van der Waals surface area contributed by atoms with Crippen molar-refractivity contribution in [2.45, 2.75) is 0 Å². The third-order valence-corrected chi connectivity index (χ3v) is 2.89. The minimum absolute atomic E-state index is 0.258. The maximum atomic E-state index is 12.1. The first-order chi connectivity index (χ1) is 9.74. The maximum Gasteiger partial charge on any atom is 0.276 e. The predicted octanol–water partition coefficient (Wildman–Crippen LogP) is 1.86. The van der Waals surface area contributed by atoms with Crippen LogP contribution in [0.4, 0.5) is 5.69 Å². The van der Waals surface area contributed by atoms with E-state index in [1.807, 2.05) is 29.9 Å². The van der Waals surface area contributed by atoms with E-state index in [9.17, 15) is 4.79 Å². The summed E-state index contributed by atoms with van der Waals surface area (Å²) in [5.41, 5.74) is 1.00. The summed E-state index contributed by atoms with van der Waals surface area (Å²) in [7, 11) is 1.92. The van der Waals surface area contributed by atoms with Crippen LogP contribution >= 0.6 is 0 Å². The largest absolute Gasteiger partial charge is 0.336 e. The molecule has 100 valence electrons. The number of carbonyl (C=O) groups excluding carboxylic acids is 1. The summed E-state index contributed by atoms with van der Waals surface area (Å²) in [6.45, 7) is 0. The topological polar surface area (TPSA) is 64.7 Å². The molecule has 0 aliphatic carbocycles. The molecule has 0 aromatic carbocycles. The maximum absolute atomic E-state index is 12.1. The summed E-state index contributed by atoms with van der Waals surface area (Å²) in [6.07, 6.45) is 6.92. The Hall–Kier alpha value is -2.89. The number of pyridine rings is 1. The van der Waals surface area contributed by atoms with Crippen LogP contribution in [0.5, 0.6) is 0 Å². The number of hydrogen-bond acceptors (Lipinski definition) is 3. The van der Waals surface area contributed by atoms with Gasteiger partial charge in [-0.3, -0.25) is 9.78 Å². The number of rotatable bonds is 3. The minimum atomic E-state index is -0.258. The van der Waals surface area contributed by atoms with Gasteiger partial charge in [-0.2, -0.15) is 5.10 Å². The number of nitrogens with zero attached hydrogens (tertiary/aromatic N) is 4. The lowest BCUT2D eigenvalue weighted by Crippen LogP contribution is -2.13. The predicted molar refractivity (Wildman–Crippen MR) is 74.7 cm³/mol. The Morgan fingerprint density at radius 2 is 2.10 bits per heavy atom. The van der Waals surface area contributed by atoms with Gasteiger partial charge in [0, 0.05) is 25.6 Å². The van der Waals surface area contributed by atoms with Crippen molar-refractivity contribution in [3.63, 3.8) is 0 Å². The Bertz CT molecular complexity index is 729. The van der Waals surface area contributed by atoms with Crippen molar-refractivity contribution in [3.8, 4) is 5.82 Å². The van der Waals surface area contributed by atoms with Gasteiger partial charge in [-0.15, -0.1) is 0 Å². The molecule has 0 aliphatic heterocycles. The van der Waals surface area contributed by atoms with Gasteiger partial charge in [0.15, 0.2) is 5.69 Å². The van der Waals surface area contributed by atoms with Gasteiger partial charge in [0.05, 0.1) is 11.9 Å². The van der Waals surface area contributed by atoms with Gasteiger partial charge in [-0.25, -0.2) is 4.68 Å². The Morgan fingerprint density at radius 1 is 1.20 bits per heavy atom. The molecule has 6 nitrogen and oxygen atoms in total. The molecule has 3 aromatic rings. The second-order valence-corrected chi connectivity index (χ2v) is 4.32. The zero-order valence-electron chi connectivity index (χ0n) is 10.9. The molecule has 0 radical (unpaired) electrons. The molecule has 0 unspecified atom stereocenters. The van der Waals surface area contributed by atoms with Crippen LogP contribution in [0.2, 0.25) is 0 Å². The molecule has 0 saturated carbocycles. The van der Waals surface area contributed by atoms with Crippen LogP contribution in [0.1, 0.15) is 10.5 Å². The van der Waals surface area contributed by atoms with Crippen molar-refractivity contribution in [2.24, 2.45) is 7.05 Å². The number of anilines is 1. The Balaban J connectivity index is 1.80. The lowest BCUT2D eigenvalue weighted by Gasteiger charge is -2.03. The van der Waals surface area contributed by atoms with E-state index in [1.54, 1.807) is 41.5 Å². The van der Waals surface area contributed by atoms with E-state index in [0.717, 1.165) is 5.82 Å². The molecule has 0 bridgehead atoms. The van der Waals surface area contributed by atoms with Crippen LogP contribution in [0.25, 0.3) is 5.82 Å². The molecule has 0 saturated heterocycles. The molecule has 0 aliphatic rings. The van der Waals surface area contributed by atoms with Crippen molar-refractivity contribution in [3.05, 3.63) is 60.8 Å². The van der Waals surface area contributed by atoms with E-state index in [4.69, 9.17) is 0 Å². The van der Waals surface area contributed by atoms with E-state index in [0.29, 0.717) is 11.4 Å². The van der Waals surface area contributed by atoms with Crippen LogP contribution in [0, 0.1) is 0 Å². The second kappa shape index (κ2) is 5.00. The summed E-state index contributed by atoms with van der Waals surface area (Å²) in [4.78, 5) is 16.0. The molecule has 0 fully saturated rings. The summed E-state index contributed by atoms with van der Waals surface area (Å²) in [5, 5.41) is 7.02. The van der Waals surface area contributed by atoms with Crippen molar-refractivity contribution in [2.75, 3.05) is 5.32 Å². The molecular weight excluding hydrogens is 254 g/mol. The molecular formula is C14H13N5O. The molecule has 3 aromatic heterocycles. The van der Waals surface area contributed by atoms with E-state index < -0.39 is 0 Å². The normalized spacial score (nSPS) is 10.4. The van der Waals surface area contributed by atoms with Crippen LogP contribution in [0.3, 0.4) is 0 Å². The highest BCUT2D eigenvalue weighted by Gasteiger charge is 2.11. The Morgan fingerprint density at radius 3 is 2.80 bits per heavy atom. The van der Waals surface area contributed by atoms with Crippen LogP contribution in [0.15, 0.2) is 55.1 Å². The highest BCUT2D eigenvalue weighted by atomic mass is 16.1. The van der Waals surface area contributed by atoms with Gasteiger partial charge in [-0.05, 0) is 30.3 Å². The first-order valence-corrected chi connectivity index (χ1v) is 6.13. The fourth-order valence-electron chi connectivity index (χ4n) is 1.89. The van der Waals surface area contributed by atoms with Gasteiger partial charge in [0.25, 0.3) is 5.91 Å². The summed E-state index contributed by atoms with van der Waals surface area (Å²) in [5.74, 6) is 0.636. The SMILES string of the molecule is Cn1cccc1-n1ccc(C(=O)Nc2cccnc2)n1. The zero-order valence-corrected chi connectivity index (χ0v) is 10.9. The summed E-state index contributed by atoms with van der Waals surface area (Å²) in [6, 6.07) is 9.07. The van der Waals surface area contributed by atoms with E-state index in [-0.39, 0.29) is 5.91 Å². The quantitative estimate of drug-likeness (QED) is 0.787. The zero-order chi connectivity index (χ0) is 13.9. The van der Waals surface area contributed by atoms with Crippen LogP contribution in [-0.2, 0) is 7.05 Å². The molecule has 0 atom stereocenters. The average molecular weight is 267 g/mol. The second-order valence-electron chi connectivity index (χ2n) is 4.32. The van der Waals surface area contributed by atoms with Crippen LogP contribution in [-0.4, -0.2) is 25.2 Å². The van der Waals surface area contributed by atoms with Gasteiger partial charge >= 0.3 is 0 Å². The molecule has 6 heteroatoms. The lowest BCUT2D eigenvalue weighted by atomic mass is 10.3. The molecule has 1 amide bonds. The monoisotopic (exact) mass is 267 g/mol. The van der Waals surface area contributed by atoms with Gasteiger partial charge in [-0.1, -0.05) is 0 Å². The highest BCUT2D eigenvalue weighted by Crippen LogP contribution is 2.09. The third-order valence-electron chi connectivity index (χ3n) is 2.89. The molecule has 1 N–H and O–H groups in total. The molecule has 0 spiro atoms. The fraction of sp³-hybridized carbons (Fsp3) is 0.0714. The number of aromatic nitrogens is 4. The number of amides is 1. The molecule has 3 rings (SSSR count). The summed E-state index contributed by atoms with van der Waals surface area (Å²) >= 11 is 0. The number of aryl methyl sites for hydroxylation is 1. The van der Waals surface area contributed by atoms with Crippen molar-refractivity contribution in [1.29, 1.82) is 0 Å². The number of carbonyl (C=O) groups is 1. The van der Waals surface area contributed by atoms with Crippen molar-refractivity contribution < 1.29 is 4.79 Å². The minimum Gasteiger partial charge on any atom is -0.336 e.